The summed E-state index contributed by atoms with van der Waals surface area (Å²) >= 11 is 0. The van der Waals surface area contributed by atoms with E-state index in [1.54, 1.807) is 0 Å². The van der Waals surface area contributed by atoms with Gasteiger partial charge in [0.25, 0.3) is 0 Å². The molecule has 1 aliphatic heterocycles. The molecule has 2 N–H and O–H groups in total. The SMILES string of the molecule is CC1(C)CCCC(CN)(N2CCc3ccccc3C2)CC1. The third kappa shape index (κ3) is 3.02. The zero-order valence-electron chi connectivity index (χ0n) is 13.7. The van der Waals surface area contributed by atoms with Gasteiger partial charge in [-0.2, -0.15) is 0 Å². The Kier molecular flexibility index (Phi) is 4.11. The predicted octanol–water partition coefficient (Wildman–Crippen LogP) is 3.73. The molecule has 1 aromatic rings. The normalized spacial score (nSPS) is 29.7. The molecule has 1 heterocycles. The van der Waals surface area contributed by atoms with Crippen LogP contribution in [-0.2, 0) is 13.0 Å². The molecule has 0 aromatic heterocycles. The highest BCUT2D eigenvalue weighted by molar-refractivity contribution is 5.29. The van der Waals surface area contributed by atoms with Gasteiger partial charge in [0.2, 0.25) is 0 Å². The topological polar surface area (TPSA) is 29.3 Å². The number of rotatable bonds is 2. The van der Waals surface area contributed by atoms with Gasteiger partial charge in [-0.3, -0.25) is 4.90 Å². The van der Waals surface area contributed by atoms with Crippen LogP contribution >= 0.6 is 0 Å². The lowest BCUT2D eigenvalue weighted by Crippen LogP contribution is -2.55. The van der Waals surface area contributed by atoms with Crippen LogP contribution in [0.2, 0.25) is 0 Å². The summed E-state index contributed by atoms with van der Waals surface area (Å²) in [6, 6.07) is 8.93. The van der Waals surface area contributed by atoms with Gasteiger partial charge in [0.05, 0.1) is 0 Å². The van der Waals surface area contributed by atoms with Gasteiger partial charge < -0.3 is 5.73 Å². The molecule has 1 atom stereocenters. The van der Waals surface area contributed by atoms with Crippen LogP contribution in [0.4, 0.5) is 0 Å². The first-order valence-electron chi connectivity index (χ1n) is 8.57. The van der Waals surface area contributed by atoms with Crippen LogP contribution in [0.15, 0.2) is 24.3 Å². The van der Waals surface area contributed by atoms with Gasteiger partial charge in [-0.25, -0.2) is 0 Å². The highest BCUT2D eigenvalue weighted by atomic mass is 15.2. The Labute approximate surface area is 129 Å². The monoisotopic (exact) mass is 286 g/mol. The summed E-state index contributed by atoms with van der Waals surface area (Å²) < 4.78 is 0. The maximum Gasteiger partial charge on any atom is 0.0335 e. The van der Waals surface area contributed by atoms with Gasteiger partial charge in [0.15, 0.2) is 0 Å². The van der Waals surface area contributed by atoms with E-state index in [4.69, 9.17) is 5.73 Å². The van der Waals surface area contributed by atoms with Gasteiger partial charge >= 0.3 is 0 Å². The zero-order valence-corrected chi connectivity index (χ0v) is 13.7. The smallest absolute Gasteiger partial charge is 0.0335 e. The lowest BCUT2D eigenvalue weighted by Gasteiger charge is -2.46. The fourth-order valence-corrected chi connectivity index (χ4v) is 4.27. The molecule has 2 aliphatic rings. The van der Waals surface area contributed by atoms with Crippen LogP contribution in [0.25, 0.3) is 0 Å². The number of nitrogens with two attached hydrogens (primary N) is 1. The minimum atomic E-state index is 0.237. The van der Waals surface area contributed by atoms with E-state index in [0.29, 0.717) is 5.41 Å². The predicted molar refractivity (Wildman–Crippen MR) is 89.2 cm³/mol. The Balaban J connectivity index is 1.81. The number of nitrogens with zero attached hydrogens (tertiary/aromatic N) is 1. The van der Waals surface area contributed by atoms with Gasteiger partial charge in [-0.1, -0.05) is 44.5 Å². The molecule has 21 heavy (non-hydrogen) atoms. The van der Waals surface area contributed by atoms with Crippen molar-refractivity contribution < 1.29 is 0 Å². The Morgan fingerprint density at radius 3 is 2.57 bits per heavy atom. The maximum absolute atomic E-state index is 6.31. The summed E-state index contributed by atoms with van der Waals surface area (Å²) in [6.07, 6.45) is 7.69. The average molecular weight is 286 g/mol. The highest BCUT2D eigenvalue weighted by Crippen LogP contribution is 2.41. The Morgan fingerprint density at radius 1 is 1.05 bits per heavy atom. The molecule has 1 unspecified atom stereocenters. The van der Waals surface area contributed by atoms with Crippen molar-refractivity contribution in [3.63, 3.8) is 0 Å². The molecule has 0 radical (unpaired) electrons. The minimum Gasteiger partial charge on any atom is -0.329 e. The summed E-state index contributed by atoms with van der Waals surface area (Å²) in [4.78, 5) is 2.71. The van der Waals surface area contributed by atoms with E-state index in [2.05, 4.69) is 43.0 Å². The second-order valence-electron chi connectivity index (χ2n) is 7.89. The van der Waals surface area contributed by atoms with E-state index in [-0.39, 0.29) is 5.54 Å². The molecule has 0 amide bonds. The molecule has 2 heteroatoms. The van der Waals surface area contributed by atoms with Crippen LogP contribution < -0.4 is 5.73 Å². The van der Waals surface area contributed by atoms with E-state index in [0.717, 1.165) is 13.1 Å². The Morgan fingerprint density at radius 2 is 1.81 bits per heavy atom. The van der Waals surface area contributed by atoms with Crippen molar-refractivity contribution >= 4 is 0 Å². The van der Waals surface area contributed by atoms with Crippen LogP contribution in [-0.4, -0.2) is 23.5 Å². The van der Waals surface area contributed by atoms with Gasteiger partial charge in [-0.15, -0.1) is 0 Å². The van der Waals surface area contributed by atoms with Gasteiger partial charge in [-0.05, 0) is 48.6 Å². The summed E-state index contributed by atoms with van der Waals surface area (Å²) in [7, 11) is 0. The zero-order chi connectivity index (χ0) is 14.9. The molecule has 0 saturated heterocycles. The standard InChI is InChI=1S/C19H30N2/c1-18(2)9-5-10-19(15-20,12-11-18)21-13-8-16-6-3-4-7-17(16)14-21/h3-4,6-7H,5,8-15,20H2,1-2H3. The van der Waals surface area contributed by atoms with Crippen molar-refractivity contribution in [3.05, 3.63) is 35.4 Å². The Bertz CT molecular complexity index is 494. The molecule has 1 aliphatic carbocycles. The molecule has 2 nitrogen and oxygen atoms in total. The highest BCUT2D eigenvalue weighted by Gasteiger charge is 2.40. The summed E-state index contributed by atoms with van der Waals surface area (Å²) in [5.74, 6) is 0. The van der Waals surface area contributed by atoms with Crippen molar-refractivity contribution in [1.29, 1.82) is 0 Å². The fraction of sp³-hybridized carbons (Fsp3) is 0.684. The fourth-order valence-electron chi connectivity index (χ4n) is 4.27. The molecule has 0 bridgehead atoms. The lowest BCUT2D eigenvalue weighted by molar-refractivity contribution is 0.0617. The molecule has 1 saturated carbocycles. The van der Waals surface area contributed by atoms with Crippen LogP contribution in [0.3, 0.4) is 0 Å². The number of hydrogen-bond acceptors (Lipinski definition) is 2. The maximum atomic E-state index is 6.31. The average Bonchev–Trinajstić information content (AvgIpc) is 2.66. The lowest BCUT2D eigenvalue weighted by atomic mass is 9.82. The Hall–Kier alpha value is -0.860. The molecular formula is C19H30N2. The summed E-state index contributed by atoms with van der Waals surface area (Å²) in [5, 5.41) is 0. The van der Waals surface area contributed by atoms with Gasteiger partial charge in [0, 0.05) is 25.2 Å². The van der Waals surface area contributed by atoms with Crippen molar-refractivity contribution in [3.8, 4) is 0 Å². The van der Waals surface area contributed by atoms with E-state index in [1.807, 2.05) is 0 Å². The number of benzene rings is 1. The summed E-state index contributed by atoms with van der Waals surface area (Å²) in [5.41, 5.74) is 10.1. The largest absolute Gasteiger partial charge is 0.329 e. The number of hydrogen-bond donors (Lipinski definition) is 1. The first-order valence-corrected chi connectivity index (χ1v) is 8.57. The third-order valence-corrected chi connectivity index (χ3v) is 5.94. The van der Waals surface area contributed by atoms with Crippen LogP contribution in [0.1, 0.15) is 57.1 Å². The third-order valence-electron chi connectivity index (χ3n) is 5.94. The molecule has 1 aromatic carbocycles. The second-order valence-corrected chi connectivity index (χ2v) is 7.89. The molecular weight excluding hydrogens is 256 g/mol. The van der Waals surface area contributed by atoms with Crippen molar-refractivity contribution in [2.45, 2.75) is 64.5 Å². The minimum absolute atomic E-state index is 0.237. The second kappa shape index (κ2) is 5.73. The summed E-state index contributed by atoms with van der Waals surface area (Å²) in [6.45, 7) is 7.92. The first-order chi connectivity index (χ1) is 10.0. The molecule has 3 rings (SSSR count). The van der Waals surface area contributed by atoms with Crippen molar-refractivity contribution in [1.82, 2.24) is 4.90 Å². The first kappa shape index (κ1) is 15.1. The molecule has 0 spiro atoms. The van der Waals surface area contributed by atoms with Crippen LogP contribution in [0, 0.1) is 5.41 Å². The van der Waals surface area contributed by atoms with Gasteiger partial charge in [0.1, 0.15) is 0 Å². The van der Waals surface area contributed by atoms with Crippen molar-refractivity contribution in [2.75, 3.05) is 13.1 Å². The van der Waals surface area contributed by atoms with Crippen LogP contribution in [0.5, 0.6) is 0 Å². The number of fused-ring (bicyclic) bond motifs is 1. The van der Waals surface area contributed by atoms with E-state index in [9.17, 15) is 0 Å². The quantitative estimate of drug-likeness (QED) is 0.839. The van der Waals surface area contributed by atoms with E-state index in [1.165, 1.54) is 56.2 Å². The van der Waals surface area contributed by atoms with E-state index < -0.39 is 0 Å². The van der Waals surface area contributed by atoms with Crippen molar-refractivity contribution in [2.24, 2.45) is 11.1 Å². The molecule has 1 fully saturated rings. The molecule has 116 valence electrons. The van der Waals surface area contributed by atoms with E-state index >= 15 is 0 Å².